The van der Waals surface area contributed by atoms with Gasteiger partial charge in [-0.2, -0.15) is 0 Å². The molecule has 2 amide bonds. The first-order valence-corrected chi connectivity index (χ1v) is 7.81. The van der Waals surface area contributed by atoms with Gasteiger partial charge in [0.1, 0.15) is 17.8 Å². The van der Waals surface area contributed by atoms with Crippen molar-refractivity contribution in [3.05, 3.63) is 12.7 Å². The fourth-order valence-electron chi connectivity index (χ4n) is 2.44. The van der Waals surface area contributed by atoms with Crippen LogP contribution in [0, 0.1) is 5.92 Å². The van der Waals surface area contributed by atoms with Crippen LogP contribution in [0.25, 0.3) is 0 Å². The van der Waals surface area contributed by atoms with Crippen LogP contribution in [0.5, 0.6) is 0 Å². The van der Waals surface area contributed by atoms with Gasteiger partial charge < -0.3 is 20.1 Å². The zero-order valence-electron chi connectivity index (χ0n) is 14.3. The Balaban J connectivity index is 2.97. The first-order chi connectivity index (χ1) is 11.0. The summed E-state index contributed by atoms with van der Waals surface area (Å²) in [6, 6.07) is -1.35. The second-order valence-corrected chi connectivity index (χ2v) is 6.76. The Morgan fingerprint density at radius 2 is 2.08 bits per heavy atom. The largest absolute Gasteiger partial charge is 0.481 e. The molecule has 0 bridgehead atoms. The van der Waals surface area contributed by atoms with E-state index in [9.17, 15) is 23.9 Å². The Labute approximate surface area is 140 Å². The van der Waals surface area contributed by atoms with E-state index in [2.05, 4.69) is 11.9 Å². The molecule has 1 saturated heterocycles. The van der Waals surface area contributed by atoms with E-state index in [0.29, 0.717) is 0 Å². The molecule has 3 atom stereocenters. The molecule has 1 rings (SSSR count). The molecular formula is C16H25FN2O5. The number of halogens is 1. The molecule has 0 spiro atoms. The van der Waals surface area contributed by atoms with Crippen molar-refractivity contribution in [2.24, 2.45) is 5.92 Å². The van der Waals surface area contributed by atoms with Gasteiger partial charge in [0, 0.05) is 6.54 Å². The molecule has 136 valence electrons. The lowest BCUT2D eigenvalue weighted by atomic mass is 9.95. The lowest BCUT2D eigenvalue weighted by Crippen LogP contribution is -2.54. The highest BCUT2D eigenvalue weighted by molar-refractivity contribution is 5.90. The van der Waals surface area contributed by atoms with Crippen LogP contribution in [0.15, 0.2) is 12.7 Å². The van der Waals surface area contributed by atoms with E-state index in [1.165, 1.54) is 11.0 Å². The van der Waals surface area contributed by atoms with E-state index in [-0.39, 0.29) is 25.9 Å². The predicted octanol–water partition coefficient (Wildman–Crippen LogP) is 1.73. The topological polar surface area (TPSA) is 95.9 Å². The molecule has 1 aliphatic heterocycles. The number of carboxylic acid groups (broad SMARTS) is 1. The summed E-state index contributed by atoms with van der Waals surface area (Å²) in [7, 11) is 0. The third kappa shape index (κ3) is 5.82. The highest BCUT2D eigenvalue weighted by atomic mass is 19.1. The SMILES string of the molecule is C=CCC(C(=O)O)[C@H](NC(=O)OC(C)(C)C)C(=O)N1CC[C@H](F)C1. The average Bonchev–Trinajstić information content (AvgIpc) is 2.86. The summed E-state index contributed by atoms with van der Waals surface area (Å²) < 4.78 is 18.4. The molecule has 8 heteroatoms. The first kappa shape index (κ1) is 19.9. The highest BCUT2D eigenvalue weighted by Gasteiger charge is 2.39. The number of carboxylic acids is 1. The molecule has 24 heavy (non-hydrogen) atoms. The van der Waals surface area contributed by atoms with Gasteiger partial charge >= 0.3 is 12.1 Å². The monoisotopic (exact) mass is 344 g/mol. The second kappa shape index (κ2) is 8.12. The third-order valence-electron chi connectivity index (χ3n) is 3.52. The van der Waals surface area contributed by atoms with E-state index < -0.39 is 41.7 Å². The van der Waals surface area contributed by atoms with Gasteiger partial charge in [-0.05, 0) is 33.6 Å². The average molecular weight is 344 g/mol. The number of ether oxygens (including phenoxy) is 1. The number of nitrogens with one attached hydrogen (secondary N) is 1. The number of hydrogen-bond acceptors (Lipinski definition) is 4. The maximum Gasteiger partial charge on any atom is 0.408 e. The van der Waals surface area contributed by atoms with E-state index in [1.807, 2.05) is 0 Å². The minimum absolute atomic E-state index is 0.0194. The molecule has 1 unspecified atom stereocenters. The van der Waals surface area contributed by atoms with Crippen LogP contribution in [-0.4, -0.2) is 58.9 Å². The highest BCUT2D eigenvalue weighted by Crippen LogP contribution is 2.19. The summed E-state index contributed by atoms with van der Waals surface area (Å²) in [5.74, 6) is -3.09. The maximum atomic E-state index is 13.4. The van der Waals surface area contributed by atoms with Crippen LogP contribution < -0.4 is 5.32 Å². The number of hydrogen-bond donors (Lipinski definition) is 2. The number of likely N-dealkylation sites (tertiary alicyclic amines) is 1. The van der Waals surface area contributed by atoms with Gasteiger partial charge in [0.25, 0.3) is 0 Å². The Hall–Kier alpha value is -2.12. The predicted molar refractivity (Wildman–Crippen MR) is 85.2 cm³/mol. The van der Waals surface area contributed by atoms with Crippen molar-refractivity contribution in [2.45, 2.75) is 51.4 Å². The lowest BCUT2D eigenvalue weighted by Gasteiger charge is -2.29. The molecule has 7 nitrogen and oxygen atoms in total. The molecule has 1 heterocycles. The molecule has 1 fully saturated rings. The summed E-state index contributed by atoms with van der Waals surface area (Å²) in [4.78, 5) is 37.3. The van der Waals surface area contributed by atoms with Gasteiger partial charge in [-0.1, -0.05) is 6.08 Å². The van der Waals surface area contributed by atoms with Crippen molar-refractivity contribution in [3.8, 4) is 0 Å². The standard InChI is InChI=1S/C16H25FN2O5/c1-5-6-11(14(21)22)12(18-15(23)24-16(2,3)4)13(20)19-8-7-10(17)9-19/h5,10-12H,1,6-9H2,2-4H3,(H,18,23)(H,21,22)/t10-,11?,12-/m0/s1. The number of rotatable bonds is 6. The van der Waals surface area contributed by atoms with E-state index in [0.717, 1.165) is 0 Å². The van der Waals surface area contributed by atoms with Crippen molar-refractivity contribution in [1.82, 2.24) is 10.2 Å². The second-order valence-electron chi connectivity index (χ2n) is 6.76. The maximum absolute atomic E-state index is 13.4. The van der Waals surface area contributed by atoms with Gasteiger partial charge in [0.2, 0.25) is 5.91 Å². The molecule has 0 aromatic carbocycles. The van der Waals surface area contributed by atoms with Gasteiger partial charge in [0.15, 0.2) is 0 Å². The van der Waals surface area contributed by atoms with E-state index in [1.54, 1.807) is 20.8 Å². The molecule has 0 aromatic heterocycles. The third-order valence-corrected chi connectivity index (χ3v) is 3.52. The van der Waals surface area contributed by atoms with Crippen LogP contribution in [0.2, 0.25) is 0 Å². The summed E-state index contributed by atoms with van der Waals surface area (Å²) >= 11 is 0. The quantitative estimate of drug-likeness (QED) is 0.715. The number of aliphatic carboxylic acids is 1. The Morgan fingerprint density at radius 3 is 2.50 bits per heavy atom. The Kier molecular flexibility index (Phi) is 6.74. The van der Waals surface area contributed by atoms with E-state index >= 15 is 0 Å². The summed E-state index contributed by atoms with van der Waals surface area (Å²) in [5.41, 5.74) is -0.799. The van der Waals surface area contributed by atoms with Crippen molar-refractivity contribution in [1.29, 1.82) is 0 Å². The van der Waals surface area contributed by atoms with Crippen molar-refractivity contribution in [2.75, 3.05) is 13.1 Å². The summed E-state index contributed by atoms with van der Waals surface area (Å²) in [6.45, 7) is 8.51. The van der Waals surface area contributed by atoms with Crippen LogP contribution in [0.1, 0.15) is 33.6 Å². The summed E-state index contributed by atoms with van der Waals surface area (Å²) in [6.07, 6.45) is -0.498. The van der Waals surface area contributed by atoms with Crippen molar-refractivity contribution >= 4 is 18.0 Å². The molecular weight excluding hydrogens is 319 g/mol. The fraction of sp³-hybridized carbons (Fsp3) is 0.688. The minimum atomic E-state index is -1.35. The number of allylic oxidation sites excluding steroid dienone is 1. The zero-order chi connectivity index (χ0) is 18.5. The normalized spacial score (nSPS) is 20.2. The minimum Gasteiger partial charge on any atom is -0.481 e. The number of amides is 2. The van der Waals surface area contributed by atoms with Gasteiger partial charge in [-0.25, -0.2) is 9.18 Å². The van der Waals surface area contributed by atoms with Crippen LogP contribution in [-0.2, 0) is 14.3 Å². The fourth-order valence-corrected chi connectivity index (χ4v) is 2.44. The van der Waals surface area contributed by atoms with E-state index in [4.69, 9.17) is 4.74 Å². The van der Waals surface area contributed by atoms with Gasteiger partial charge in [-0.15, -0.1) is 6.58 Å². The van der Waals surface area contributed by atoms with Crippen molar-refractivity contribution in [3.63, 3.8) is 0 Å². The Bertz CT molecular complexity index is 503. The number of carbonyl (C=O) groups is 3. The molecule has 0 saturated carbocycles. The molecule has 1 aliphatic rings. The smallest absolute Gasteiger partial charge is 0.408 e. The summed E-state index contributed by atoms with van der Waals surface area (Å²) in [5, 5.41) is 11.7. The van der Waals surface area contributed by atoms with Crippen LogP contribution >= 0.6 is 0 Å². The molecule has 0 aliphatic carbocycles. The number of alkyl carbamates (subject to hydrolysis) is 1. The van der Waals surface area contributed by atoms with Gasteiger partial charge in [0.05, 0.1) is 12.5 Å². The molecule has 2 N–H and O–H groups in total. The lowest BCUT2D eigenvalue weighted by molar-refractivity contribution is -0.147. The van der Waals surface area contributed by atoms with Crippen LogP contribution in [0.4, 0.5) is 9.18 Å². The van der Waals surface area contributed by atoms with Crippen molar-refractivity contribution < 1.29 is 28.6 Å². The molecule has 0 aromatic rings. The molecule has 0 radical (unpaired) electrons. The van der Waals surface area contributed by atoms with Crippen LogP contribution in [0.3, 0.4) is 0 Å². The zero-order valence-corrected chi connectivity index (χ0v) is 14.3. The van der Waals surface area contributed by atoms with Gasteiger partial charge in [-0.3, -0.25) is 9.59 Å². The number of nitrogens with zero attached hydrogens (tertiary/aromatic N) is 1. The number of alkyl halides is 1. The Morgan fingerprint density at radius 1 is 1.46 bits per heavy atom. The number of carbonyl (C=O) groups excluding carboxylic acids is 2. The first-order valence-electron chi connectivity index (χ1n) is 7.81.